The number of rotatable bonds is 7. The molecule has 0 saturated carbocycles. The minimum Gasteiger partial charge on any atom is -0.444 e. The summed E-state index contributed by atoms with van der Waals surface area (Å²) < 4.78 is 10.9. The molecule has 2 aliphatic heterocycles. The standard InChI is InChI=1S/C31H39N7O4/c1-31(2,3)42-30(40)38-12-10-21(11-13-38)18-22-4-9-26-25(19-22)28(36-35-26)27(34-32)20-33-24-7-5-23(6-8-24)29(39)37-14-16-41-17-15-37/h4-9,19-21,27,32H,10-18H2,1-3H3,(H,35,36). The molecule has 2 aromatic carbocycles. The van der Waals surface area contributed by atoms with E-state index in [1.54, 1.807) is 40.3 Å². The van der Waals surface area contributed by atoms with Crippen molar-refractivity contribution in [3.8, 4) is 0 Å². The molecule has 2 saturated heterocycles. The first-order valence-corrected chi connectivity index (χ1v) is 14.5. The predicted molar refractivity (Wildman–Crippen MR) is 160 cm³/mol. The van der Waals surface area contributed by atoms with Crippen LogP contribution >= 0.6 is 0 Å². The summed E-state index contributed by atoms with van der Waals surface area (Å²) in [5.74, 6) is 0.453. The third-order valence-electron chi connectivity index (χ3n) is 7.65. The lowest BCUT2D eigenvalue weighted by molar-refractivity contribution is 0.0184. The van der Waals surface area contributed by atoms with E-state index in [1.807, 2.05) is 26.8 Å². The van der Waals surface area contributed by atoms with Crippen molar-refractivity contribution >= 4 is 34.8 Å². The molecule has 42 heavy (non-hydrogen) atoms. The van der Waals surface area contributed by atoms with Crippen LogP contribution in [0.5, 0.6) is 0 Å². The summed E-state index contributed by atoms with van der Waals surface area (Å²) in [7, 11) is 0. The number of likely N-dealkylation sites (tertiary alicyclic amines) is 1. The van der Waals surface area contributed by atoms with Crippen molar-refractivity contribution in [3.05, 3.63) is 59.3 Å². The molecule has 1 unspecified atom stereocenters. The number of aliphatic imine (C=N–C) groups is 1. The number of benzene rings is 2. The maximum absolute atomic E-state index is 12.7. The quantitative estimate of drug-likeness (QED) is 0.276. The summed E-state index contributed by atoms with van der Waals surface area (Å²) in [4.78, 5) is 33.2. The third-order valence-corrected chi connectivity index (χ3v) is 7.65. The molecule has 2 N–H and O–H groups in total. The van der Waals surface area contributed by atoms with E-state index in [0.717, 1.165) is 30.2 Å². The van der Waals surface area contributed by atoms with Crippen molar-refractivity contribution in [1.29, 1.82) is 5.53 Å². The summed E-state index contributed by atoms with van der Waals surface area (Å²) in [6.07, 6.45) is 4.12. The Morgan fingerprint density at radius 2 is 1.81 bits per heavy atom. The number of aromatic amines is 1. The summed E-state index contributed by atoms with van der Waals surface area (Å²) in [5.41, 5.74) is 11.3. The SMILES string of the molecule is CC(C)(C)OC(=O)N1CCC(Cc2ccc3n[nH]c(C(C=Nc4ccc(C(=O)N5CCOCC5)cc4)N=N)c3c2)CC1. The van der Waals surface area contributed by atoms with E-state index >= 15 is 0 Å². The average molecular weight is 574 g/mol. The molecule has 0 bridgehead atoms. The number of piperidine rings is 1. The van der Waals surface area contributed by atoms with E-state index in [9.17, 15) is 9.59 Å². The predicted octanol–water partition coefficient (Wildman–Crippen LogP) is 5.70. The van der Waals surface area contributed by atoms with E-state index in [0.29, 0.717) is 62.3 Å². The maximum Gasteiger partial charge on any atom is 0.410 e. The molecule has 222 valence electrons. The monoisotopic (exact) mass is 573 g/mol. The van der Waals surface area contributed by atoms with Crippen molar-refractivity contribution in [1.82, 2.24) is 20.0 Å². The number of carbonyl (C=O) groups excluding carboxylic acids is 2. The average Bonchev–Trinajstić information content (AvgIpc) is 3.40. The van der Waals surface area contributed by atoms with Gasteiger partial charge in [-0.2, -0.15) is 10.2 Å². The van der Waals surface area contributed by atoms with Gasteiger partial charge in [0.25, 0.3) is 5.91 Å². The minimum absolute atomic E-state index is 0.0128. The second kappa shape index (κ2) is 12.8. The van der Waals surface area contributed by atoms with E-state index in [-0.39, 0.29) is 12.0 Å². The van der Waals surface area contributed by atoms with Gasteiger partial charge in [0.15, 0.2) is 0 Å². The highest BCUT2D eigenvalue weighted by molar-refractivity contribution is 5.94. The van der Waals surface area contributed by atoms with Crippen LogP contribution in [-0.2, 0) is 15.9 Å². The Hall–Kier alpha value is -4.12. The molecule has 1 aromatic heterocycles. The molecule has 5 rings (SSSR count). The number of ether oxygens (including phenoxy) is 2. The molecule has 11 heteroatoms. The van der Waals surface area contributed by atoms with E-state index in [1.165, 1.54) is 5.56 Å². The van der Waals surface area contributed by atoms with Gasteiger partial charge in [-0.3, -0.25) is 14.9 Å². The van der Waals surface area contributed by atoms with Crippen LogP contribution in [0.15, 0.2) is 52.6 Å². The van der Waals surface area contributed by atoms with Gasteiger partial charge >= 0.3 is 6.09 Å². The first-order valence-electron chi connectivity index (χ1n) is 14.5. The summed E-state index contributed by atoms with van der Waals surface area (Å²) >= 11 is 0. The van der Waals surface area contributed by atoms with Crippen LogP contribution in [-0.4, -0.2) is 83.2 Å². The fourth-order valence-corrected chi connectivity index (χ4v) is 5.38. The fraction of sp³-hybridized carbons (Fsp3) is 0.484. The smallest absolute Gasteiger partial charge is 0.410 e. The second-order valence-corrected chi connectivity index (χ2v) is 11.9. The number of amides is 2. The van der Waals surface area contributed by atoms with E-state index in [4.69, 9.17) is 15.0 Å². The molecule has 1 atom stereocenters. The molecule has 0 spiro atoms. The van der Waals surface area contributed by atoms with E-state index < -0.39 is 11.6 Å². The Balaban J connectivity index is 1.22. The van der Waals surface area contributed by atoms with Crippen LogP contribution in [0.4, 0.5) is 10.5 Å². The van der Waals surface area contributed by atoms with Crippen molar-refractivity contribution in [2.75, 3.05) is 39.4 Å². The van der Waals surface area contributed by atoms with Gasteiger partial charge < -0.3 is 19.3 Å². The van der Waals surface area contributed by atoms with E-state index in [2.05, 4.69) is 32.4 Å². The maximum atomic E-state index is 12.7. The molecule has 3 heterocycles. The van der Waals surface area contributed by atoms with Crippen LogP contribution in [0.1, 0.15) is 61.3 Å². The fourth-order valence-electron chi connectivity index (χ4n) is 5.38. The number of nitrogens with one attached hydrogen (secondary N) is 2. The Kier molecular flexibility index (Phi) is 8.96. The Morgan fingerprint density at radius 3 is 2.48 bits per heavy atom. The number of aromatic nitrogens is 2. The summed E-state index contributed by atoms with van der Waals surface area (Å²) in [6, 6.07) is 12.7. The van der Waals surface area contributed by atoms with Gasteiger partial charge in [-0.05, 0) is 87.9 Å². The lowest BCUT2D eigenvalue weighted by Crippen LogP contribution is -2.42. The molecular formula is C31H39N7O4. The highest BCUT2D eigenvalue weighted by Crippen LogP contribution is 2.28. The number of H-pyrrole nitrogens is 1. The van der Waals surface area contributed by atoms with Crippen LogP contribution in [0.3, 0.4) is 0 Å². The second-order valence-electron chi connectivity index (χ2n) is 11.9. The first kappa shape index (κ1) is 29.4. The first-order chi connectivity index (χ1) is 20.2. The normalized spacial score (nSPS) is 17.5. The van der Waals surface area contributed by atoms with Gasteiger partial charge in [0, 0.05) is 43.3 Å². The summed E-state index contributed by atoms with van der Waals surface area (Å²) in [5, 5.41) is 12.2. The number of nitrogens with zero attached hydrogens (tertiary/aromatic N) is 5. The van der Waals surface area contributed by atoms with Crippen molar-refractivity contribution in [3.63, 3.8) is 0 Å². The zero-order valence-electron chi connectivity index (χ0n) is 24.5. The molecule has 2 amide bonds. The zero-order valence-corrected chi connectivity index (χ0v) is 24.5. The zero-order chi connectivity index (χ0) is 29.7. The minimum atomic E-state index is -0.628. The van der Waals surface area contributed by atoms with Crippen LogP contribution < -0.4 is 0 Å². The third kappa shape index (κ3) is 7.20. The number of hydrogen-bond donors (Lipinski definition) is 2. The van der Waals surface area contributed by atoms with Gasteiger partial charge in [-0.1, -0.05) is 6.07 Å². The molecule has 11 nitrogen and oxygen atoms in total. The van der Waals surface area contributed by atoms with Gasteiger partial charge in [0.05, 0.1) is 30.1 Å². The topological polar surface area (TPSA) is 136 Å². The Morgan fingerprint density at radius 1 is 1.10 bits per heavy atom. The van der Waals surface area contributed by atoms with Gasteiger partial charge in [0.1, 0.15) is 11.6 Å². The number of carbonyl (C=O) groups is 2. The lowest BCUT2D eigenvalue weighted by atomic mass is 9.89. The van der Waals surface area contributed by atoms with Crippen molar-refractivity contribution in [2.45, 2.75) is 51.7 Å². The van der Waals surface area contributed by atoms with Crippen molar-refractivity contribution < 1.29 is 19.1 Å². The molecule has 0 aliphatic carbocycles. The Labute approximate surface area is 245 Å². The number of hydrogen-bond acceptors (Lipinski definition) is 8. The highest BCUT2D eigenvalue weighted by Gasteiger charge is 2.27. The van der Waals surface area contributed by atoms with Gasteiger partial charge in [-0.25, -0.2) is 10.3 Å². The molecular weight excluding hydrogens is 534 g/mol. The van der Waals surface area contributed by atoms with Gasteiger partial charge in [0.2, 0.25) is 0 Å². The molecule has 0 radical (unpaired) electrons. The lowest BCUT2D eigenvalue weighted by Gasteiger charge is -2.33. The Bertz CT molecular complexity index is 1430. The molecule has 2 fully saturated rings. The van der Waals surface area contributed by atoms with Crippen LogP contribution in [0, 0.1) is 11.4 Å². The molecule has 2 aliphatic rings. The summed E-state index contributed by atoms with van der Waals surface area (Å²) in [6.45, 7) is 9.35. The molecule has 3 aromatic rings. The van der Waals surface area contributed by atoms with Gasteiger partial charge in [-0.15, -0.1) is 0 Å². The largest absolute Gasteiger partial charge is 0.444 e. The highest BCUT2D eigenvalue weighted by atomic mass is 16.6. The van der Waals surface area contributed by atoms with Crippen LogP contribution in [0.25, 0.3) is 10.9 Å². The number of morpholine rings is 1. The number of fused-ring (bicyclic) bond motifs is 1. The van der Waals surface area contributed by atoms with Crippen LogP contribution in [0.2, 0.25) is 0 Å². The van der Waals surface area contributed by atoms with Crippen molar-refractivity contribution in [2.24, 2.45) is 16.0 Å².